The van der Waals surface area contributed by atoms with Crippen LogP contribution in [0.3, 0.4) is 0 Å². The molecule has 0 amide bonds. The number of benzene rings is 3. The molecule has 1 heterocycles. The molecule has 0 aliphatic carbocycles. The molecule has 0 radical (unpaired) electrons. The van der Waals surface area contributed by atoms with Crippen LogP contribution in [0.25, 0.3) is 10.8 Å². The molecule has 0 aromatic heterocycles. The number of ether oxygens (including phenoxy) is 1. The summed E-state index contributed by atoms with van der Waals surface area (Å²) in [4.78, 5) is 0. The second kappa shape index (κ2) is 7.93. The topological polar surface area (TPSA) is 197 Å². The third-order valence-corrected chi connectivity index (χ3v) is 5.81. The third kappa shape index (κ3) is 4.74. The van der Waals surface area contributed by atoms with Crippen LogP contribution in [0.15, 0.2) is 42.5 Å². The molecular formula is C19H16O12S2. The fraction of sp³-hybridized carbons (Fsp3) is 0.158. The lowest BCUT2D eigenvalue weighted by molar-refractivity contribution is 0.0344. The van der Waals surface area contributed by atoms with Gasteiger partial charge in [-0.15, -0.1) is 0 Å². The van der Waals surface area contributed by atoms with Crippen molar-refractivity contribution in [3.8, 4) is 28.7 Å². The van der Waals surface area contributed by atoms with Crippen molar-refractivity contribution in [3.63, 3.8) is 0 Å². The Balaban J connectivity index is 1.92. The van der Waals surface area contributed by atoms with E-state index in [9.17, 15) is 36.7 Å². The third-order valence-electron chi connectivity index (χ3n) is 4.92. The van der Waals surface area contributed by atoms with Gasteiger partial charge in [0.05, 0.1) is 0 Å². The molecule has 0 spiro atoms. The van der Waals surface area contributed by atoms with Gasteiger partial charge < -0.3 is 24.2 Å². The quantitative estimate of drug-likeness (QED) is 0.253. The summed E-state index contributed by atoms with van der Waals surface area (Å²) in [6.07, 6.45) is -3.29. The van der Waals surface area contributed by atoms with E-state index in [1.807, 2.05) is 0 Å². The lowest BCUT2D eigenvalue weighted by atomic mass is 9.90. The van der Waals surface area contributed by atoms with Crippen molar-refractivity contribution in [2.75, 3.05) is 0 Å². The maximum Gasteiger partial charge on any atom is 0.446 e. The largest absolute Gasteiger partial charge is 0.508 e. The molecule has 2 unspecified atom stereocenters. The van der Waals surface area contributed by atoms with E-state index in [2.05, 4.69) is 4.18 Å². The summed E-state index contributed by atoms with van der Waals surface area (Å²) in [5.41, 5.74) is 0.0587. The van der Waals surface area contributed by atoms with Gasteiger partial charge in [0.15, 0.2) is 23.4 Å². The van der Waals surface area contributed by atoms with Gasteiger partial charge in [0.2, 0.25) is 0 Å². The average molecular weight is 500 g/mol. The highest BCUT2D eigenvalue weighted by Gasteiger charge is 2.39. The van der Waals surface area contributed by atoms with Crippen LogP contribution in [-0.4, -0.2) is 47.4 Å². The van der Waals surface area contributed by atoms with Gasteiger partial charge in [-0.3, -0.25) is 9.11 Å². The molecule has 12 nitrogen and oxygen atoms in total. The highest BCUT2D eigenvalue weighted by atomic mass is 32.3. The van der Waals surface area contributed by atoms with E-state index in [0.717, 1.165) is 18.2 Å². The normalized spacial score (nSPS) is 18.5. The van der Waals surface area contributed by atoms with Gasteiger partial charge in [0.25, 0.3) is 0 Å². The maximum absolute atomic E-state index is 11.5. The molecule has 14 heteroatoms. The Hall–Kier alpha value is -3.30. The molecule has 1 aliphatic heterocycles. The van der Waals surface area contributed by atoms with Crippen LogP contribution in [0, 0.1) is 0 Å². The first-order chi connectivity index (χ1) is 15.3. The molecule has 1 aliphatic rings. The van der Waals surface area contributed by atoms with E-state index >= 15 is 0 Å². The number of phenolic OH excluding ortho intramolecular Hbond substituents is 3. The summed E-state index contributed by atoms with van der Waals surface area (Å²) in [7, 11) is -10.1. The Bertz CT molecular complexity index is 1460. The standard InChI is InChI=1S/C19H16O12S2/c20-9-5-15-13(16(6-9)30-32(23,24)25)8-17(31-33(26,27)28)19(29-15)12-7-14(21)18(22)11-4-2-1-3-10(11)12/h1-7,17,19-22H,8H2,(H,23,24,25)(H,26,27,28). The molecule has 176 valence electrons. The van der Waals surface area contributed by atoms with Gasteiger partial charge in [-0.2, -0.15) is 16.8 Å². The summed E-state index contributed by atoms with van der Waals surface area (Å²) in [5, 5.41) is 30.9. The minimum absolute atomic E-state index is 0.0948. The lowest BCUT2D eigenvalue weighted by Crippen LogP contribution is -2.35. The Morgan fingerprint density at radius 1 is 0.909 bits per heavy atom. The maximum atomic E-state index is 11.5. The van der Waals surface area contributed by atoms with Crippen molar-refractivity contribution >= 4 is 31.6 Å². The SMILES string of the molecule is O=S(=O)(O)Oc1cc(O)cc2c1CC(OS(=O)(=O)O)C(c1cc(O)c(O)c3ccccc13)O2. The highest BCUT2D eigenvalue weighted by molar-refractivity contribution is 7.81. The van der Waals surface area contributed by atoms with Crippen molar-refractivity contribution < 1.29 is 54.4 Å². The monoisotopic (exact) mass is 500 g/mol. The van der Waals surface area contributed by atoms with Crippen molar-refractivity contribution in [2.24, 2.45) is 0 Å². The van der Waals surface area contributed by atoms with Crippen LogP contribution in [0.5, 0.6) is 28.7 Å². The highest BCUT2D eigenvalue weighted by Crippen LogP contribution is 2.47. The zero-order valence-corrected chi connectivity index (χ0v) is 17.9. The number of rotatable bonds is 5. The first kappa shape index (κ1) is 22.9. The number of aromatic hydroxyl groups is 3. The van der Waals surface area contributed by atoms with Crippen LogP contribution in [0.1, 0.15) is 17.2 Å². The second-order valence-electron chi connectivity index (χ2n) is 7.12. The fourth-order valence-corrected chi connectivity index (χ4v) is 4.59. The van der Waals surface area contributed by atoms with Gasteiger partial charge in [-0.05, 0) is 11.5 Å². The Morgan fingerprint density at radius 2 is 1.58 bits per heavy atom. The van der Waals surface area contributed by atoms with E-state index in [1.165, 1.54) is 6.07 Å². The van der Waals surface area contributed by atoms with E-state index in [4.69, 9.17) is 13.5 Å². The number of phenols is 3. The molecule has 2 atom stereocenters. The van der Waals surface area contributed by atoms with Crippen LogP contribution >= 0.6 is 0 Å². The first-order valence-electron chi connectivity index (χ1n) is 9.11. The predicted octanol–water partition coefficient (Wildman–Crippen LogP) is 2.00. The van der Waals surface area contributed by atoms with E-state index in [1.54, 1.807) is 18.2 Å². The molecule has 0 saturated carbocycles. The lowest BCUT2D eigenvalue weighted by Gasteiger charge is -2.34. The molecule has 0 fully saturated rings. The Morgan fingerprint density at radius 3 is 2.21 bits per heavy atom. The van der Waals surface area contributed by atoms with E-state index in [0.29, 0.717) is 5.39 Å². The summed E-state index contributed by atoms with van der Waals surface area (Å²) >= 11 is 0. The predicted molar refractivity (Wildman–Crippen MR) is 111 cm³/mol. The fourth-order valence-electron chi connectivity index (χ4n) is 3.73. The summed E-state index contributed by atoms with van der Waals surface area (Å²) < 4.78 is 78.8. The smallest absolute Gasteiger partial charge is 0.446 e. The number of hydrogen-bond donors (Lipinski definition) is 5. The minimum atomic E-state index is -5.04. The molecule has 5 N–H and O–H groups in total. The molecule has 0 bridgehead atoms. The van der Waals surface area contributed by atoms with Crippen molar-refractivity contribution in [1.82, 2.24) is 0 Å². The molecule has 3 aromatic rings. The summed E-state index contributed by atoms with van der Waals surface area (Å²) in [6, 6.07) is 9.31. The Labute approximate surface area is 187 Å². The Kier molecular flexibility index (Phi) is 5.50. The van der Waals surface area contributed by atoms with Crippen molar-refractivity contribution in [2.45, 2.75) is 18.6 Å². The van der Waals surface area contributed by atoms with Crippen LogP contribution in [-0.2, 0) is 31.4 Å². The molecule has 4 rings (SSSR count). The molecule has 3 aromatic carbocycles. The van der Waals surface area contributed by atoms with Crippen molar-refractivity contribution in [3.05, 3.63) is 53.6 Å². The average Bonchev–Trinajstić information content (AvgIpc) is 2.68. The van der Waals surface area contributed by atoms with Crippen LogP contribution in [0.2, 0.25) is 0 Å². The number of hydrogen-bond acceptors (Lipinski definition) is 10. The van der Waals surface area contributed by atoms with Crippen molar-refractivity contribution in [1.29, 1.82) is 0 Å². The zero-order valence-electron chi connectivity index (χ0n) is 16.3. The second-order valence-corrected chi connectivity index (χ2v) is 9.19. The van der Waals surface area contributed by atoms with Crippen LogP contribution < -0.4 is 8.92 Å². The molecule has 33 heavy (non-hydrogen) atoms. The van der Waals surface area contributed by atoms with Gasteiger partial charge in [-0.25, -0.2) is 4.18 Å². The zero-order chi connectivity index (χ0) is 24.1. The molecule has 0 saturated heterocycles. The van der Waals surface area contributed by atoms with Gasteiger partial charge in [0.1, 0.15) is 17.6 Å². The van der Waals surface area contributed by atoms with Crippen LogP contribution in [0.4, 0.5) is 0 Å². The summed E-state index contributed by atoms with van der Waals surface area (Å²) in [5.74, 6) is -2.19. The van der Waals surface area contributed by atoms with E-state index in [-0.39, 0.29) is 22.3 Å². The van der Waals surface area contributed by atoms with E-state index < -0.39 is 62.4 Å². The first-order valence-corrected chi connectivity index (χ1v) is 11.8. The summed E-state index contributed by atoms with van der Waals surface area (Å²) in [6.45, 7) is 0. The van der Waals surface area contributed by atoms with Gasteiger partial charge in [0, 0.05) is 35.1 Å². The van der Waals surface area contributed by atoms with Gasteiger partial charge >= 0.3 is 20.8 Å². The number of fused-ring (bicyclic) bond motifs is 2. The minimum Gasteiger partial charge on any atom is -0.508 e. The molecular weight excluding hydrogens is 484 g/mol. The van der Waals surface area contributed by atoms with Gasteiger partial charge in [-0.1, -0.05) is 24.3 Å².